The SMILES string of the molecule is CCCCCCCCCCCCCCOc1ccccc1-c1c2nc(c(-c3ccccc3OCCCCCCCCCCCCCC)c3ccc([nH]3)c(-c3ccccc3OCCCCCCCCCCCCCC)c3nc(cc4ccc1[nH]4)C=C3)C=C2. The highest BCUT2D eigenvalue weighted by molar-refractivity contribution is 5.99. The standard InChI is InChI=1S/C80H110N4O3/c1-4-7-10-13-16-19-22-25-28-31-34-43-60-85-75-49-40-37-46-66(75)78-69-54-52-64(81-69)63-65-53-55-70(82-65)79(67-47-38-41-50-76(67)86-61-44-35-32-29-26-23-20-17-14-11-8-5-2)72-57-59-74(84-72)80(73-58-56-71(78)83-73)68-48-39-42-51-77(68)87-62-45-36-33-30-27-24-21-18-15-12-9-6-3/h37-42,46-59,63,81,84H,4-36,43-45,60-62H2,1-3H3. The molecule has 0 saturated heterocycles. The molecule has 0 radical (unpaired) electrons. The summed E-state index contributed by atoms with van der Waals surface area (Å²) in [6.45, 7) is 8.90. The zero-order valence-corrected chi connectivity index (χ0v) is 54.3. The maximum Gasteiger partial charge on any atom is 0.127 e. The van der Waals surface area contributed by atoms with E-state index in [1.807, 2.05) is 0 Å². The van der Waals surface area contributed by atoms with E-state index in [4.69, 9.17) is 24.2 Å². The third-order valence-corrected chi connectivity index (χ3v) is 17.8. The fourth-order valence-electron chi connectivity index (χ4n) is 12.8. The van der Waals surface area contributed by atoms with Gasteiger partial charge in [-0.1, -0.05) is 287 Å². The minimum absolute atomic E-state index is 0.663. The lowest BCUT2D eigenvalue weighted by Crippen LogP contribution is -2.00. The highest BCUT2D eigenvalue weighted by Crippen LogP contribution is 2.42. The number of aromatic nitrogens is 4. The smallest absolute Gasteiger partial charge is 0.127 e. The van der Waals surface area contributed by atoms with Crippen molar-refractivity contribution in [1.82, 2.24) is 19.9 Å². The quantitative estimate of drug-likeness (QED) is 0.0372. The van der Waals surface area contributed by atoms with Gasteiger partial charge in [-0.2, -0.15) is 0 Å². The highest BCUT2D eigenvalue weighted by Gasteiger charge is 2.21. The number of H-pyrrole nitrogens is 2. The molecule has 0 spiro atoms. The Hall–Kier alpha value is -6.34. The van der Waals surface area contributed by atoms with Gasteiger partial charge in [0, 0.05) is 55.4 Å². The Morgan fingerprint density at radius 2 is 0.575 bits per heavy atom. The van der Waals surface area contributed by atoms with Crippen LogP contribution < -0.4 is 14.2 Å². The Bertz CT molecular complexity index is 3070. The van der Waals surface area contributed by atoms with Crippen LogP contribution in [-0.4, -0.2) is 39.8 Å². The monoisotopic (exact) mass is 1170 g/mol. The predicted molar refractivity (Wildman–Crippen MR) is 375 cm³/mol. The van der Waals surface area contributed by atoms with Gasteiger partial charge >= 0.3 is 0 Å². The van der Waals surface area contributed by atoms with E-state index in [1.165, 1.54) is 212 Å². The van der Waals surface area contributed by atoms with E-state index in [0.717, 1.165) is 115 Å². The Kier molecular flexibility index (Phi) is 30.3. The third-order valence-electron chi connectivity index (χ3n) is 17.8. The molecule has 0 atom stereocenters. The van der Waals surface area contributed by atoms with Crippen LogP contribution in [0.25, 0.3) is 79.8 Å². The summed E-state index contributed by atoms with van der Waals surface area (Å²) in [5.41, 5.74) is 13.3. The summed E-state index contributed by atoms with van der Waals surface area (Å²) in [5, 5.41) is 0. The topological polar surface area (TPSA) is 85.1 Å². The first-order chi connectivity index (χ1) is 43.1. The molecule has 6 aromatic rings. The van der Waals surface area contributed by atoms with E-state index in [9.17, 15) is 0 Å². The summed E-state index contributed by atoms with van der Waals surface area (Å²) >= 11 is 0. The van der Waals surface area contributed by atoms with E-state index in [0.29, 0.717) is 19.8 Å². The first kappa shape index (κ1) is 66.6. The molecule has 468 valence electrons. The Morgan fingerprint density at radius 3 is 0.931 bits per heavy atom. The number of hydrogen-bond acceptors (Lipinski definition) is 5. The minimum Gasteiger partial charge on any atom is -0.493 e. The van der Waals surface area contributed by atoms with E-state index >= 15 is 0 Å². The molecule has 0 aliphatic carbocycles. The minimum atomic E-state index is 0.663. The Balaban J connectivity index is 1.08. The van der Waals surface area contributed by atoms with Crippen LogP contribution >= 0.6 is 0 Å². The van der Waals surface area contributed by atoms with Crippen LogP contribution in [0, 0.1) is 0 Å². The van der Waals surface area contributed by atoms with Gasteiger partial charge in [0.1, 0.15) is 17.2 Å². The maximum absolute atomic E-state index is 6.84. The molecule has 8 bridgehead atoms. The van der Waals surface area contributed by atoms with Crippen molar-refractivity contribution in [3.63, 3.8) is 0 Å². The average Bonchev–Trinajstić information content (AvgIpc) is 1.90. The van der Waals surface area contributed by atoms with E-state index in [1.54, 1.807) is 0 Å². The first-order valence-corrected chi connectivity index (χ1v) is 35.4. The normalized spacial score (nSPS) is 11.9. The zero-order valence-electron chi connectivity index (χ0n) is 54.3. The molecule has 0 fully saturated rings. The first-order valence-electron chi connectivity index (χ1n) is 35.4. The van der Waals surface area contributed by atoms with Crippen molar-refractivity contribution >= 4 is 46.4 Å². The van der Waals surface area contributed by atoms with Crippen molar-refractivity contribution in [1.29, 1.82) is 0 Å². The highest BCUT2D eigenvalue weighted by atomic mass is 16.5. The van der Waals surface area contributed by atoms with Crippen molar-refractivity contribution < 1.29 is 14.2 Å². The van der Waals surface area contributed by atoms with Gasteiger partial charge in [0.25, 0.3) is 0 Å². The van der Waals surface area contributed by atoms with E-state index in [2.05, 4.69) is 158 Å². The number of nitrogens with zero attached hydrogens (tertiary/aromatic N) is 2. The molecule has 8 rings (SSSR count). The number of para-hydroxylation sites is 3. The van der Waals surface area contributed by atoms with Crippen molar-refractivity contribution in [2.24, 2.45) is 0 Å². The molecule has 7 heteroatoms. The predicted octanol–water partition coefficient (Wildman–Crippen LogP) is 24.9. The number of benzene rings is 3. The molecule has 7 nitrogen and oxygen atoms in total. The van der Waals surface area contributed by atoms with Crippen molar-refractivity contribution in [3.8, 4) is 50.6 Å². The second-order valence-electron chi connectivity index (χ2n) is 25.1. The maximum atomic E-state index is 6.84. The largest absolute Gasteiger partial charge is 0.493 e. The molecular formula is C80H110N4O3. The zero-order chi connectivity index (χ0) is 60.2. The van der Waals surface area contributed by atoms with Crippen LogP contribution in [-0.2, 0) is 0 Å². The van der Waals surface area contributed by atoms with Gasteiger partial charge in [0.2, 0.25) is 0 Å². The molecule has 5 heterocycles. The van der Waals surface area contributed by atoms with E-state index in [-0.39, 0.29) is 0 Å². The van der Waals surface area contributed by atoms with Gasteiger partial charge in [-0.3, -0.25) is 0 Å². The molecular weight excluding hydrogens is 1060 g/mol. The van der Waals surface area contributed by atoms with Gasteiger partial charge in [-0.15, -0.1) is 0 Å². The molecule has 2 aliphatic heterocycles. The number of nitrogens with one attached hydrogen (secondary N) is 2. The number of rotatable bonds is 45. The molecule has 0 saturated carbocycles. The summed E-state index contributed by atoms with van der Waals surface area (Å²) in [6, 6.07) is 36.5. The van der Waals surface area contributed by atoms with Gasteiger partial charge in [-0.05, 0) is 92.1 Å². The van der Waals surface area contributed by atoms with Gasteiger partial charge in [0.05, 0.1) is 42.6 Å². The van der Waals surface area contributed by atoms with Gasteiger partial charge in [0.15, 0.2) is 0 Å². The molecule has 3 aromatic carbocycles. The summed E-state index contributed by atoms with van der Waals surface area (Å²) in [7, 11) is 0. The Morgan fingerprint density at radius 1 is 0.287 bits per heavy atom. The van der Waals surface area contributed by atoms with Crippen LogP contribution in [0.3, 0.4) is 0 Å². The lowest BCUT2D eigenvalue weighted by Gasteiger charge is -2.14. The fraction of sp³-hybridized carbons (Fsp3) is 0.525. The summed E-state index contributed by atoms with van der Waals surface area (Å²) in [4.78, 5) is 18.8. The van der Waals surface area contributed by atoms with Gasteiger partial charge in [-0.25, -0.2) is 9.97 Å². The summed E-state index contributed by atoms with van der Waals surface area (Å²) < 4.78 is 20.4. The average molecular weight is 1180 g/mol. The van der Waals surface area contributed by atoms with Crippen molar-refractivity contribution in [2.45, 2.75) is 252 Å². The number of fused-ring (bicyclic) bond motifs is 8. The summed E-state index contributed by atoms with van der Waals surface area (Å²) in [6.07, 6.45) is 55.8. The lowest BCUT2D eigenvalue weighted by molar-refractivity contribution is 0.305. The van der Waals surface area contributed by atoms with Crippen LogP contribution in [0.5, 0.6) is 17.2 Å². The van der Waals surface area contributed by atoms with Crippen molar-refractivity contribution in [3.05, 3.63) is 126 Å². The van der Waals surface area contributed by atoms with E-state index < -0.39 is 0 Å². The third kappa shape index (κ3) is 22.0. The number of ether oxygens (including phenoxy) is 3. The second kappa shape index (κ2) is 39.5. The molecule has 0 amide bonds. The number of unbranched alkanes of at least 4 members (excludes halogenated alkanes) is 33. The lowest BCUT2D eigenvalue weighted by atomic mass is 10.0. The van der Waals surface area contributed by atoms with Crippen molar-refractivity contribution in [2.75, 3.05) is 19.8 Å². The molecule has 87 heavy (non-hydrogen) atoms. The van der Waals surface area contributed by atoms with Crippen LogP contribution in [0.1, 0.15) is 275 Å². The van der Waals surface area contributed by atoms with Gasteiger partial charge < -0.3 is 24.2 Å². The second-order valence-corrected chi connectivity index (χ2v) is 25.1. The summed E-state index contributed by atoms with van der Waals surface area (Å²) in [5.74, 6) is 2.60. The molecule has 3 aromatic heterocycles. The number of hydrogen-bond donors (Lipinski definition) is 2. The molecule has 2 aliphatic rings. The number of aromatic amines is 2. The molecule has 0 unspecified atom stereocenters. The Labute approximate surface area is 526 Å². The molecule has 2 N–H and O–H groups in total. The van der Waals surface area contributed by atoms with Crippen LogP contribution in [0.15, 0.2) is 103 Å². The van der Waals surface area contributed by atoms with Crippen LogP contribution in [0.2, 0.25) is 0 Å². The van der Waals surface area contributed by atoms with Crippen LogP contribution in [0.4, 0.5) is 0 Å². The fourth-order valence-corrected chi connectivity index (χ4v) is 12.8.